The van der Waals surface area contributed by atoms with Crippen molar-refractivity contribution in [3.63, 3.8) is 0 Å². The van der Waals surface area contributed by atoms with Crippen LogP contribution in [0.3, 0.4) is 0 Å². The second kappa shape index (κ2) is 11.3. The first-order chi connectivity index (χ1) is 18.7. The van der Waals surface area contributed by atoms with Gasteiger partial charge in [-0.2, -0.15) is 0 Å². The van der Waals surface area contributed by atoms with Crippen molar-refractivity contribution < 1.29 is 14.3 Å². The topological polar surface area (TPSA) is 75.9 Å². The van der Waals surface area contributed by atoms with Crippen LogP contribution < -0.4 is 5.73 Å². The molecule has 0 aliphatic carbocycles. The number of ether oxygens (including phenoxy) is 1. The minimum atomic E-state index is -0.730. The molecule has 2 saturated heterocycles. The van der Waals surface area contributed by atoms with Crippen molar-refractivity contribution in [2.75, 3.05) is 32.9 Å². The molecular weight excluding hydrogens is 533 g/mol. The average molecular weight is 567 g/mol. The molecule has 2 heterocycles. The molecule has 3 aromatic carbocycles. The summed E-state index contributed by atoms with van der Waals surface area (Å²) in [7, 11) is 0. The summed E-state index contributed by atoms with van der Waals surface area (Å²) >= 11 is 12.6. The Hall–Kier alpha value is -2.90. The Morgan fingerprint density at radius 3 is 2.26 bits per heavy atom. The zero-order chi connectivity index (χ0) is 27.6. The Kier molecular flexibility index (Phi) is 8.01. The first-order valence-electron chi connectivity index (χ1n) is 13.3. The van der Waals surface area contributed by atoms with E-state index in [4.69, 9.17) is 33.7 Å². The number of nitrogens with zero attached hydrogens (tertiary/aromatic N) is 2. The van der Waals surface area contributed by atoms with Gasteiger partial charge in [-0.1, -0.05) is 77.3 Å². The molecule has 0 aromatic heterocycles. The van der Waals surface area contributed by atoms with Gasteiger partial charge in [-0.05, 0) is 74.7 Å². The lowest BCUT2D eigenvalue weighted by atomic mass is 9.72. The molecule has 0 saturated carbocycles. The van der Waals surface area contributed by atoms with E-state index in [-0.39, 0.29) is 18.5 Å². The Bertz CT molecular complexity index is 1340. The second-order valence-electron chi connectivity index (χ2n) is 10.7. The second-order valence-corrected chi connectivity index (χ2v) is 11.5. The third kappa shape index (κ3) is 5.57. The van der Waals surface area contributed by atoms with Gasteiger partial charge < -0.3 is 20.3 Å². The molecule has 6 nitrogen and oxygen atoms in total. The number of likely N-dealkylation sites (tertiary alicyclic amines) is 1. The molecule has 204 valence electrons. The van der Waals surface area contributed by atoms with E-state index in [0.717, 1.165) is 36.3 Å². The van der Waals surface area contributed by atoms with E-state index < -0.39 is 11.0 Å². The maximum absolute atomic E-state index is 13.3. The molecule has 39 heavy (non-hydrogen) atoms. The molecule has 2 aliphatic heterocycles. The quantitative estimate of drug-likeness (QED) is 0.408. The number of piperidine rings is 1. The standard InChI is InChI=1S/C31H33Cl2N3O3/c1-22-7-9-23(10-8-22)28(37)36-20-31(39-21-36,25-11-12-26(32)27(33)19-25)15-18-35-16-13-30(14-17-35,29(34)38)24-5-3-2-4-6-24/h2-12,19H,13-18,20-21H2,1H3,(H2,34,38)/t31-/m0/s1. The molecule has 5 rings (SSSR count). The van der Waals surface area contributed by atoms with Crippen LogP contribution in [0.5, 0.6) is 0 Å². The van der Waals surface area contributed by atoms with Crippen molar-refractivity contribution in [1.82, 2.24) is 9.80 Å². The number of nitrogens with two attached hydrogens (primary N) is 1. The molecule has 2 N–H and O–H groups in total. The van der Waals surface area contributed by atoms with Gasteiger partial charge in [-0.25, -0.2) is 0 Å². The Balaban J connectivity index is 1.33. The van der Waals surface area contributed by atoms with E-state index in [0.29, 0.717) is 41.4 Å². The van der Waals surface area contributed by atoms with Crippen molar-refractivity contribution >= 4 is 35.0 Å². The molecule has 2 fully saturated rings. The van der Waals surface area contributed by atoms with Crippen molar-refractivity contribution in [1.29, 1.82) is 0 Å². The monoisotopic (exact) mass is 565 g/mol. The van der Waals surface area contributed by atoms with Crippen LogP contribution >= 0.6 is 23.2 Å². The predicted molar refractivity (Wildman–Crippen MR) is 154 cm³/mol. The maximum atomic E-state index is 13.3. The smallest absolute Gasteiger partial charge is 0.255 e. The minimum Gasteiger partial charge on any atom is -0.369 e. The van der Waals surface area contributed by atoms with Gasteiger partial charge in [0.15, 0.2) is 0 Å². The van der Waals surface area contributed by atoms with Gasteiger partial charge in [-0.15, -0.1) is 0 Å². The van der Waals surface area contributed by atoms with Crippen LogP contribution in [0.1, 0.15) is 46.3 Å². The molecule has 0 spiro atoms. The fourth-order valence-electron chi connectivity index (χ4n) is 5.79. The number of rotatable bonds is 7. The summed E-state index contributed by atoms with van der Waals surface area (Å²) in [6, 6.07) is 23.0. The lowest BCUT2D eigenvalue weighted by molar-refractivity contribution is -0.125. The molecule has 0 unspecified atom stereocenters. The number of carbonyl (C=O) groups excluding carboxylic acids is 2. The highest BCUT2D eigenvalue weighted by molar-refractivity contribution is 6.42. The average Bonchev–Trinajstić information content (AvgIpc) is 3.40. The molecule has 2 aliphatic rings. The normalized spacial score (nSPS) is 21.2. The number of benzene rings is 3. The Morgan fingerprint density at radius 2 is 1.62 bits per heavy atom. The number of hydrogen-bond acceptors (Lipinski definition) is 4. The highest BCUT2D eigenvalue weighted by Gasteiger charge is 2.45. The van der Waals surface area contributed by atoms with Gasteiger partial charge in [0.05, 0.1) is 22.0 Å². The van der Waals surface area contributed by atoms with Crippen LogP contribution in [-0.4, -0.2) is 54.5 Å². The summed E-state index contributed by atoms with van der Waals surface area (Å²) < 4.78 is 6.44. The summed E-state index contributed by atoms with van der Waals surface area (Å²) in [6.45, 7) is 4.79. The van der Waals surface area contributed by atoms with Gasteiger partial charge in [0.2, 0.25) is 5.91 Å². The van der Waals surface area contributed by atoms with Crippen LogP contribution in [0.4, 0.5) is 0 Å². The summed E-state index contributed by atoms with van der Waals surface area (Å²) in [5.74, 6) is -0.339. The highest BCUT2D eigenvalue weighted by atomic mass is 35.5. The van der Waals surface area contributed by atoms with Crippen molar-refractivity contribution in [3.05, 3.63) is 105 Å². The number of primary amides is 1. The number of amides is 2. The summed E-state index contributed by atoms with van der Waals surface area (Å²) in [6.07, 6.45) is 1.97. The molecule has 0 bridgehead atoms. The van der Waals surface area contributed by atoms with Crippen molar-refractivity contribution in [3.8, 4) is 0 Å². The zero-order valence-corrected chi connectivity index (χ0v) is 23.5. The van der Waals surface area contributed by atoms with E-state index in [1.165, 1.54) is 0 Å². The van der Waals surface area contributed by atoms with Gasteiger partial charge >= 0.3 is 0 Å². The SMILES string of the molecule is Cc1ccc(C(=O)N2CO[C@](CCN3CCC(C(N)=O)(c4ccccc4)CC3)(c3ccc(Cl)c(Cl)c3)C2)cc1. The van der Waals surface area contributed by atoms with Crippen LogP contribution in [0, 0.1) is 6.92 Å². The van der Waals surface area contributed by atoms with E-state index >= 15 is 0 Å². The largest absolute Gasteiger partial charge is 0.369 e. The lowest BCUT2D eigenvalue weighted by Crippen LogP contribution is -2.50. The fourth-order valence-corrected chi connectivity index (χ4v) is 6.09. The summed E-state index contributed by atoms with van der Waals surface area (Å²) in [5.41, 5.74) is 8.16. The van der Waals surface area contributed by atoms with Crippen LogP contribution in [0.15, 0.2) is 72.8 Å². The van der Waals surface area contributed by atoms with Crippen LogP contribution in [-0.2, 0) is 20.5 Å². The third-order valence-corrected chi connectivity index (χ3v) is 9.05. The molecule has 1 atom stereocenters. The maximum Gasteiger partial charge on any atom is 0.255 e. The number of hydrogen-bond donors (Lipinski definition) is 1. The zero-order valence-electron chi connectivity index (χ0n) is 22.0. The summed E-state index contributed by atoms with van der Waals surface area (Å²) in [4.78, 5) is 30.0. The summed E-state index contributed by atoms with van der Waals surface area (Å²) in [5, 5.41) is 0.924. The number of carbonyl (C=O) groups is 2. The predicted octanol–water partition coefficient (Wildman–Crippen LogP) is 5.54. The first kappa shape index (κ1) is 27.7. The molecule has 3 aromatic rings. The van der Waals surface area contributed by atoms with Gasteiger partial charge in [-0.3, -0.25) is 9.59 Å². The molecule has 8 heteroatoms. The van der Waals surface area contributed by atoms with Crippen LogP contribution in [0.25, 0.3) is 0 Å². The van der Waals surface area contributed by atoms with Crippen molar-refractivity contribution in [2.45, 2.75) is 37.2 Å². The molecule has 2 amide bonds. The fraction of sp³-hybridized carbons (Fsp3) is 0.355. The van der Waals surface area contributed by atoms with Gasteiger partial charge in [0, 0.05) is 12.1 Å². The number of aryl methyl sites for hydroxylation is 1. The first-order valence-corrected chi connectivity index (χ1v) is 14.0. The van der Waals surface area contributed by atoms with Gasteiger partial charge in [0.1, 0.15) is 12.3 Å². The molecular formula is C31H33Cl2N3O3. The van der Waals surface area contributed by atoms with E-state index in [1.54, 1.807) is 11.0 Å². The van der Waals surface area contributed by atoms with Crippen LogP contribution in [0.2, 0.25) is 10.0 Å². The Morgan fingerprint density at radius 1 is 0.923 bits per heavy atom. The van der Waals surface area contributed by atoms with E-state index in [9.17, 15) is 9.59 Å². The van der Waals surface area contributed by atoms with Gasteiger partial charge in [0.25, 0.3) is 5.91 Å². The third-order valence-electron chi connectivity index (χ3n) is 8.31. The lowest BCUT2D eigenvalue weighted by Gasteiger charge is -2.41. The number of halogens is 2. The van der Waals surface area contributed by atoms with E-state index in [1.807, 2.05) is 73.7 Å². The van der Waals surface area contributed by atoms with Crippen molar-refractivity contribution in [2.24, 2.45) is 5.73 Å². The Labute approximate surface area is 239 Å². The highest BCUT2D eigenvalue weighted by Crippen LogP contribution is 2.40. The molecule has 0 radical (unpaired) electrons. The van der Waals surface area contributed by atoms with E-state index in [2.05, 4.69) is 4.90 Å². The minimum absolute atomic E-state index is 0.0657.